The van der Waals surface area contributed by atoms with Gasteiger partial charge in [-0.2, -0.15) is 0 Å². The summed E-state index contributed by atoms with van der Waals surface area (Å²) in [6.07, 6.45) is 0. The summed E-state index contributed by atoms with van der Waals surface area (Å²) in [5, 5.41) is 0.525. The van der Waals surface area contributed by atoms with Crippen molar-refractivity contribution >= 4 is 23.2 Å². The fourth-order valence-corrected chi connectivity index (χ4v) is 1.88. The second-order valence-corrected chi connectivity index (χ2v) is 4.41. The van der Waals surface area contributed by atoms with Crippen molar-refractivity contribution in [3.8, 4) is 5.75 Å². The van der Waals surface area contributed by atoms with Crippen LogP contribution in [0.4, 0.5) is 5.69 Å². The van der Waals surface area contributed by atoms with Crippen LogP contribution in [0.25, 0.3) is 0 Å². The first-order chi connectivity index (χ1) is 9.08. The molecule has 98 valence electrons. The second kappa shape index (κ2) is 5.63. The molecule has 4 nitrogen and oxygen atoms in total. The molecule has 0 saturated heterocycles. The van der Waals surface area contributed by atoms with E-state index in [-0.39, 0.29) is 6.61 Å². The topological polar surface area (TPSA) is 78.3 Å². The van der Waals surface area contributed by atoms with E-state index in [0.29, 0.717) is 22.0 Å². The normalized spacial score (nSPS) is 10.2. The number of halogens is 1. The number of anilines is 1. The molecule has 0 aliphatic rings. The van der Waals surface area contributed by atoms with E-state index in [1.54, 1.807) is 42.5 Å². The summed E-state index contributed by atoms with van der Waals surface area (Å²) in [7, 11) is 0. The molecule has 0 heterocycles. The minimum atomic E-state index is -0.529. The van der Waals surface area contributed by atoms with Gasteiger partial charge in [-0.15, -0.1) is 0 Å². The van der Waals surface area contributed by atoms with Crippen LogP contribution >= 0.6 is 11.6 Å². The van der Waals surface area contributed by atoms with Gasteiger partial charge in [-0.25, -0.2) is 0 Å². The molecular weight excluding hydrogens is 264 g/mol. The Kier molecular flexibility index (Phi) is 3.92. The summed E-state index contributed by atoms with van der Waals surface area (Å²) in [5.41, 5.74) is 12.6. The summed E-state index contributed by atoms with van der Waals surface area (Å²) in [5.74, 6) is -0.0955. The van der Waals surface area contributed by atoms with Gasteiger partial charge < -0.3 is 16.2 Å². The monoisotopic (exact) mass is 276 g/mol. The van der Waals surface area contributed by atoms with Crippen molar-refractivity contribution in [1.29, 1.82) is 0 Å². The molecule has 0 fully saturated rings. The number of hydrogen-bond acceptors (Lipinski definition) is 3. The first-order valence-electron chi connectivity index (χ1n) is 5.63. The number of primary amides is 1. The van der Waals surface area contributed by atoms with Gasteiger partial charge in [0.1, 0.15) is 12.4 Å². The van der Waals surface area contributed by atoms with Crippen molar-refractivity contribution in [2.24, 2.45) is 5.73 Å². The molecule has 0 saturated carbocycles. The van der Waals surface area contributed by atoms with Crippen LogP contribution in [0, 0.1) is 0 Å². The Balaban J connectivity index is 2.17. The lowest BCUT2D eigenvalue weighted by molar-refractivity contribution is 0.0996. The van der Waals surface area contributed by atoms with E-state index in [4.69, 9.17) is 27.8 Å². The minimum absolute atomic E-state index is 0.239. The summed E-state index contributed by atoms with van der Waals surface area (Å²) in [6.45, 7) is 0.239. The highest BCUT2D eigenvalue weighted by Crippen LogP contribution is 2.23. The lowest BCUT2D eigenvalue weighted by Gasteiger charge is -2.10. The zero-order valence-corrected chi connectivity index (χ0v) is 10.9. The van der Waals surface area contributed by atoms with Gasteiger partial charge in [-0.3, -0.25) is 4.79 Å². The maximum absolute atomic E-state index is 11.2. The van der Waals surface area contributed by atoms with Gasteiger partial charge in [0, 0.05) is 16.3 Å². The van der Waals surface area contributed by atoms with E-state index in [1.165, 1.54) is 0 Å². The highest BCUT2D eigenvalue weighted by Gasteiger charge is 2.09. The first-order valence-corrected chi connectivity index (χ1v) is 6.01. The molecule has 2 rings (SSSR count). The lowest BCUT2D eigenvalue weighted by atomic mass is 10.2. The van der Waals surface area contributed by atoms with Crippen molar-refractivity contribution in [3.63, 3.8) is 0 Å². The molecule has 0 aliphatic heterocycles. The Morgan fingerprint density at radius 1 is 1.21 bits per heavy atom. The number of benzene rings is 2. The Labute approximate surface area is 115 Å². The molecule has 0 aliphatic carbocycles. The number of rotatable bonds is 4. The van der Waals surface area contributed by atoms with Gasteiger partial charge >= 0.3 is 0 Å². The third-order valence-corrected chi connectivity index (χ3v) is 2.96. The van der Waals surface area contributed by atoms with Gasteiger partial charge in [0.05, 0.1) is 5.56 Å². The summed E-state index contributed by atoms with van der Waals surface area (Å²) in [4.78, 5) is 11.2. The third kappa shape index (κ3) is 3.17. The average molecular weight is 277 g/mol. The van der Waals surface area contributed by atoms with Crippen molar-refractivity contribution in [2.45, 2.75) is 6.61 Å². The smallest absolute Gasteiger partial charge is 0.252 e. The molecule has 0 atom stereocenters. The van der Waals surface area contributed by atoms with E-state index in [2.05, 4.69) is 0 Å². The van der Waals surface area contributed by atoms with Gasteiger partial charge in [0.15, 0.2) is 0 Å². The third-order valence-electron chi connectivity index (χ3n) is 2.61. The predicted molar refractivity (Wildman–Crippen MR) is 75.2 cm³/mol. The highest BCUT2D eigenvalue weighted by molar-refractivity contribution is 6.31. The van der Waals surface area contributed by atoms with Crippen molar-refractivity contribution in [1.82, 2.24) is 0 Å². The average Bonchev–Trinajstić information content (AvgIpc) is 2.38. The van der Waals surface area contributed by atoms with E-state index in [0.717, 1.165) is 5.56 Å². The molecule has 0 radical (unpaired) electrons. The van der Waals surface area contributed by atoms with E-state index < -0.39 is 5.91 Å². The minimum Gasteiger partial charge on any atom is -0.488 e. The summed E-state index contributed by atoms with van der Waals surface area (Å²) >= 11 is 6.05. The Morgan fingerprint density at radius 2 is 1.95 bits per heavy atom. The number of nitrogens with two attached hydrogens (primary N) is 2. The molecule has 0 aromatic heterocycles. The van der Waals surface area contributed by atoms with Crippen LogP contribution in [0.5, 0.6) is 5.75 Å². The molecule has 2 aromatic carbocycles. The Hall–Kier alpha value is -2.20. The molecule has 19 heavy (non-hydrogen) atoms. The number of hydrogen-bond donors (Lipinski definition) is 2. The summed E-state index contributed by atoms with van der Waals surface area (Å²) < 4.78 is 5.58. The number of nitrogen functional groups attached to an aromatic ring is 1. The van der Waals surface area contributed by atoms with Crippen LogP contribution in [0.2, 0.25) is 5.02 Å². The maximum Gasteiger partial charge on any atom is 0.252 e. The van der Waals surface area contributed by atoms with Gasteiger partial charge in [-0.1, -0.05) is 29.8 Å². The SMILES string of the molecule is NC(=O)c1ccccc1OCc1ccc(N)cc1Cl. The van der Waals surface area contributed by atoms with Crippen LogP contribution in [0.15, 0.2) is 42.5 Å². The number of amides is 1. The standard InChI is InChI=1S/C14H13ClN2O2/c15-12-7-10(16)6-5-9(12)8-19-13-4-2-1-3-11(13)14(17)18/h1-7H,8,16H2,(H2,17,18). The van der Waals surface area contributed by atoms with Crippen molar-refractivity contribution in [2.75, 3.05) is 5.73 Å². The molecule has 0 bridgehead atoms. The lowest BCUT2D eigenvalue weighted by Crippen LogP contribution is -2.13. The zero-order chi connectivity index (χ0) is 13.8. The van der Waals surface area contributed by atoms with Crippen LogP contribution < -0.4 is 16.2 Å². The molecule has 0 spiro atoms. The van der Waals surface area contributed by atoms with Crippen LogP contribution in [0.3, 0.4) is 0 Å². The van der Waals surface area contributed by atoms with Gasteiger partial charge in [0.2, 0.25) is 0 Å². The Bertz CT molecular complexity index is 614. The molecule has 0 unspecified atom stereocenters. The van der Waals surface area contributed by atoms with Crippen LogP contribution in [-0.2, 0) is 6.61 Å². The molecule has 1 amide bonds. The Morgan fingerprint density at radius 3 is 2.63 bits per heavy atom. The highest BCUT2D eigenvalue weighted by atomic mass is 35.5. The fraction of sp³-hybridized carbons (Fsp3) is 0.0714. The predicted octanol–water partition coefficient (Wildman–Crippen LogP) is 2.60. The second-order valence-electron chi connectivity index (χ2n) is 4.00. The number of carbonyl (C=O) groups excluding carboxylic acids is 1. The fourth-order valence-electron chi connectivity index (χ4n) is 1.63. The van der Waals surface area contributed by atoms with Crippen molar-refractivity contribution in [3.05, 3.63) is 58.6 Å². The molecule has 2 aromatic rings. The van der Waals surface area contributed by atoms with E-state index >= 15 is 0 Å². The first kappa shape index (κ1) is 13.2. The molecule has 4 N–H and O–H groups in total. The number of para-hydroxylation sites is 1. The van der Waals surface area contributed by atoms with E-state index in [9.17, 15) is 4.79 Å². The molecule has 5 heteroatoms. The zero-order valence-electron chi connectivity index (χ0n) is 10.1. The van der Waals surface area contributed by atoms with Gasteiger partial charge in [-0.05, 0) is 24.3 Å². The maximum atomic E-state index is 11.2. The van der Waals surface area contributed by atoms with Crippen LogP contribution in [0.1, 0.15) is 15.9 Å². The number of carbonyl (C=O) groups is 1. The summed E-state index contributed by atoms with van der Waals surface area (Å²) in [6, 6.07) is 12.0. The number of ether oxygens (including phenoxy) is 1. The van der Waals surface area contributed by atoms with Crippen molar-refractivity contribution < 1.29 is 9.53 Å². The molecular formula is C14H13ClN2O2. The van der Waals surface area contributed by atoms with E-state index in [1.807, 2.05) is 0 Å². The largest absolute Gasteiger partial charge is 0.488 e. The van der Waals surface area contributed by atoms with Gasteiger partial charge in [0.25, 0.3) is 5.91 Å². The van der Waals surface area contributed by atoms with Crippen LogP contribution in [-0.4, -0.2) is 5.91 Å². The quantitative estimate of drug-likeness (QED) is 0.843.